The molecule has 104 valence electrons. The summed E-state index contributed by atoms with van der Waals surface area (Å²) in [7, 11) is -2.53. The predicted octanol–water partition coefficient (Wildman–Crippen LogP) is -1.20. The van der Waals surface area contributed by atoms with Gasteiger partial charge in [-0.05, 0) is 24.3 Å². The maximum absolute atomic E-state index is 11.4. The Labute approximate surface area is 110 Å². The van der Waals surface area contributed by atoms with Crippen molar-refractivity contribution in [1.29, 1.82) is 0 Å². The van der Waals surface area contributed by atoms with Crippen LogP contribution in [0.5, 0.6) is 5.75 Å². The molecule has 0 atom stereocenters. The van der Waals surface area contributed by atoms with E-state index in [-0.39, 0.29) is 0 Å². The number of carbonyl (C=O) groups is 2. The van der Waals surface area contributed by atoms with Crippen LogP contribution in [0.1, 0.15) is 0 Å². The smallest absolute Gasteiger partial charge is 0.239 e. The van der Waals surface area contributed by atoms with Gasteiger partial charge in [-0.2, -0.15) is 0 Å². The normalized spacial score (nSPS) is 10.8. The molecule has 1 rings (SSSR count). The molecule has 0 heterocycles. The molecule has 0 saturated heterocycles. The number of carboxylic acids is 1. The second kappa shape index (κ2) is 6.19. The van der Waals surface area contributed by atoms with Gasteiger partial charge < -0.3 is 20.0 Å². The lowest BCUT2D eigenvalue weighted by Gasteiger charge is -2.07. The molecule has 8 heteroatoms. The number of carbonyl (C=O) groups excluding carboxylic acids is 2. The van der Waals surface area contributed by atoms with E-state index in [0.29, 0.717) is 11.4 Å². The molecule has 0 spiro atoms. The van der Waals surface area contributed by atoms with Gasteiger partial charge in [-0.1, -0.05) is 0 Å². The molecule has 0 bridgehead atoms. The Morgan fingerprint density at radius 1 is 1.21 bits per heavy atom. The zero-order valence-electron chi connectivity index (χ0n) is 10.1. The van der Waals surface area contributed by atoms with Crippen molar-refractivity contribution in [3.05, 3.63) is 24.3 Å². The van der Waals surface area contributed by atoms with Gasteiger partial charge in [0.05, 0.1) is 18.8 Å². The van der Waals surface area contributed by atoms with E-state index in [2.05, 4.69) is 5.32 Å². The number of ether oxygens (including phenoxy) is 1. The SMILES string of the molecule is COc1ccc(NC(=O)CS(=O)(=O)CC(=O)[O-])cc1. The third-order valence-corrected chi connectivity index (χ3v) is 3.44. The van der Waals surface area contributed by atoms with Crippen LogP contribution in [0.2, 0.25) is 0 Å². The van der Waals surface area contributed by atoms with E-state index >= 15 is 0 Å². The highest BCUT2D eigenvalue weighted by atomic mass is 32.2. The van der Waals surface area contributed by atoms with Crippen LogP contribution < -0.4 is 15.2 Å². The summed E-state index contributed by atoms with van der Waals surface area (Å²) >= 11 is 0. The number of benzene rings is 1. The summed E-state index contributed by atoms with van der Waals surface area (Å²) in [5, 5.41) is 12.5. The number of nitrogens with one attached hydrogen (secondary N) is 1. The zero-order chi connectivity index (χ0) is 14.5. The molecule has 0 aliphatic rings. The fourth-order valence-electron chi connectivity index (χ4n) is 1.30. The first-order valence-electron chi connectivity index (χ1n) is 5.16. The lowest BCUT2D eigenvalue weighted by atomic mass is 10.3. The van der Waals surface area contributed by atoms with Crippen molar-refractivity contribution in [1.82, 2.24) is 0 Å². The number of aliphatic carboxylic acids is 1. The molecule has 1 N–H and O–H groups in total. The summed E-state index contributed by atoms with van der Waals surface area (Å²) in [6.07, 6.45) is 0. The molecule has 1 aromatic rings. The van der Waals surface area contributed by atoms with Crippen molar-refractivity contribution in [3.8, 4) is 5.75 Å². The largest absolute Gasteiger partial charge is 0.549 e. The number of anilines is 1. The highest BCUT2D eigenvalue weighted by molar-refractivity contribution is 7.92. The van der Waals surface area contributed by atoms with Crippen LogP contribution in [0.15, 0.2) is 24.3 Å². The van der Waals surface area contributed by atoms with Crippen LogP contribution in [0.3, 0.4) is 0 Å². The van der Waals surface area contributed by atoms with Crippen molar-refractivity contribution in [2.24, 2.45) is 0 Å². The first-order chi connectivity index (χ1) is 8.82. The lowest BCUT2D eigenvalue weighted by molar-refractivity contribution is -0.301. The number of sulfone groups is 1. The van der Waals surface area contributed by atoms with Crippen molar-refractivity contribution in [2.75, 3.05) is 23.9 Å². The maximum atomic E-state index is 11.4. The number of hydrogen-bond acceptors (Lipinski definition) is 6. The van der Waals surface area contributed by atoms with E-state index in [1.54, 1.807) is 12.1 Å². The van der Waals surface area contributed by atoms with Gasteiger partial charge in [0, 0.05) is 5.69 Å². The molecular weight excluding hydrogens is 274 g/mol. The van der Waals surface area contributed by atoms with Crippen LogP contribution >= 0.6 is 0 Å². The Balaban J connectivity index is 2.62. The van der Waals surface area contributed by atoms with Gasteiger partial charge in [0.25, 0.3) is 0 Å². The Bertz CT molecular complexity index is 563. The number of methoxy groups -OCH3 is 1. The fourth-order valence-corrected chi connectivity index (χ4v) is 2.23. The molecule has 0 aliphatic heterocycles. The van der Waals surface area contributed by atoms with Gasteiger partial charge in [-0.15, -0.1) is 0 Å². The summed E-state index contributed by atoms with van der Waals surface area (Å²) < 4.78 is 27.4. The van der Waals surface area contributed by atoms with Crippen molar-refractivity contribution < 1.29 is 27.9 Å². The van der Waals surface area contributed by atoms with Crippen molar-refractivity contribution >= 4 is 27.4 Å². The van der Waals surface area contributed by atoms with Gasteiger partial charge in [0.2, 0.25) is 5.91 Å². The second-order valence-corrected chi connectivity index (χ2v) is 5.75. The Morgan fingerprint density at radius 2 is 1.79 bits per heavy atom. The molecule has 7 nitrogen and oxygen atoms in total. The molecular formula is C11H12NO6S-. The summed E-state index contributed by atoms with van der Waals surface area (Å²) in [4.78, 5) is 21.6. The number of amides is 1. The van der Waals surface area contributed by atoms with Gasteiger partial charge >= 0.3 is 0 Å². The minimum Gasteiger partial charge on any atom is -0.549 e. The van der Waals surface area contributed by atoms with E-state index in [4.69, 9.17) is 4.74 Å². The number of carboxylic acid groups (broad SMARTS) is 1. The predicted molar refractivity (Wildman–Crippen MR) is 65.3 cm³/mol. The Kier molecular flexibility index (Phi) is 4.87. The molecule has 1 amide bonds. The van der Waals surface area contributed by atoms with Gasteiger partial charge in [0.15, 0.2) is 9.84 Å². The van der Waals surface area contributed by atoms with Crippen LogP contribution in [0, 0.1) is 0 Å². The minimum absolute atomic E-state index is 0.384. The topological polar surface area (TPSA) is 113 Å². The molecule has 0 fully saturated rings. The average molecular weight is 286 g/mol. The monoisotopic (exact) mass is 286 g/mol. The van der Waals surface area contributed by atoms with E-state index < -0.39 is 33.2 Å². The first kappa shape index (κ1) is 15.0. The van der Waals surface area contributed by atoms with Gasteiger partial charge in [-0.25, -0.2) is 8.42 Å². The third-order valence-electron chi connectivity index (χ3n) is 2.06. The third kappa shape index (κ3) is 5.38. The van der Waals surface area contributed by atoms with Gasteiger partial charge in [0.1, 0.15) is 11.5 Å². The van der Waals surface area contributed by atoms with E-state index in [1.165, 1.54) is 19.2 Å². The lowest BCUT2D eigenvalue weighted by Crippen LogP contribution is -2.34. The van der Waals surface area contributed by atoms with E-state index in [1.807, 2.05) is 0 Å². The summed E-state index contributed by atoms with van der Waals surface area (Å²) in [5.74, 6) is -4.05. The highest BCUT2D eigenvalue weighted by Gasteiger charge is 2.17. The summed E-state index contributed by atoms with van der Waals surface area (Å²) in [5.41, 5.74) is 0.384. The standard InChI is InChI=1S/C11H13NO6S/c1-18-9-4-2-8(3-5-9)12-10(13)6-19(16,17)7-11(14)15/h2-5H,6-7H2,1H3,(H,12,13)(H,14,15)/p-1. The fraction of sp³-hybridized carbons (Fsp3) is 0.273. The minimum atomic E-state index is -4.01. The maximum Gasteiger partial charge on any atom is 0.239 e. The van der Waals surface area contributed by atoms with Crippen LogP contribution in [0.25, 0.3) is 0 Å². The van der Waals surface area contributed by atoms with Crippen molar-refractivity contribution in [3.63, 3.8) is 0 Å². The van der Waals surface area contributed by atoms with Crippen molar-refractivity contribution in [2.45, 2.75) is 0 Å². The zero-order valence-corrected chi connectivity index (χ0v) is 10.9. The molecule has 1 aromatic carbocycles. The van der Waals surface area contributed by atoms with Gasteiger partial charge in [-0.3, -0.25) is 4.79 Å². The number of hydrogen-bond donors (Lipinski definition) is 1. The molecule has 0 radical (unpaired) electrons. The van der Waals surface area contributed by atoms with Crippen LogP contribution in [-0.4, -0.2) is 38.9 Å². The summed E-state index contributed by atoms with van der Waals surface area (Å²) in [6.45, 7) is 0. The Hall–Kier alpha value is -2.09. The van der Waals surface area contributed by atoms with Crippen LogP contribution in [0.4, 0.5) is 5.69 Å². The highest BCUT2D eigenvalue weighted by Crippen LogP contribution is 2.14. The molecule has 0 aromatic heterocycles. The molecule has 0 aliphatic carbocycles. The van der Waals surface area contributed by atoms with E-state index in [0.717, 1.165) is 0 Å². The van der Waals surface area contributed by atoms with E-state index in [9.17, 15) is 23.1 Å². The first-order valence-corrected chi connectivity index (χ1v) is 6.99. The van der Waals surface area contributed by atoms with Crippen LogP contribution in [-0.2, 0) is 19.4 Å². The quantitative estimate of drug-likeness (QED) is 0.702. The average Bonchev–Trinajstić information content (AvgIpc) is 2.27. The second-order valence-electron chi connectivity index (χ2n) is 3.68. The molecule has 0 saturated carbocycles. The Morgan fingerprint density at radius 3 is 2.26 bits per heavy atom. The molecule has 0 unspecified atom stereocenters. The molecule has 19 heavy (non-hydrogen) atoms. The number of rotatable bonds is 6. The summed E-state index contributed by atoms with van der Waals surface area (Å²) in [6, 6.07) is 6.24.